The Morgan fingerprint density at radius 2 is 2.36 bits per heavy atom. The van der Waals surface area contributed by atoms with Gasteiger partial charge >= 0.3 is 0 Å². The molecule has 0 spiro atoms. The van der Waals surface area contributed by atoms with Crippen LogP contribution in [0.1, 0.15) is 24.0 Å². The molecule has 0 aliphatic carbocycles. The van der Waals surface area contributed by atoms with Crippen LogP contribution in [0.4, 0.5) is 5.69 Å². The number of nitrogens with one attached hydrogen (secondary N) is 2. The third kappa shape index (κ3) is 3.20. The van der Waals surface area contributed by atoms with E-state index >= 15 is 0 Å². The number of aliphatic hydroxyl groups is 1. The number of β-amino-alcohol motifs (C(OH)–C–C–N with tert-alkyl or cyclic N) is 1. The predicted octanol–water partition coefficient (Wildman–Crippen LogP) is 1.12. The minimum absolute atomic E-state index is 0.256. The monoisotopic (exact) mass is 303 g/mol. The van der Waals surface area contributed by atoms with Gasteiger partial charge in [-0.3, -0.25) is 0 Å². The van der Waals surface area contributed by atoms with Crippen molar-refractivity contribution in [1.82, 2.24) is 10.6 Å². The van der Waals surface area contributed by atoms with Gasteiger partial charge in [-0.25, -0.2) is 0 Å². The van der Waals surface area contributed by atoms with E-state index in [0.29, 0.717) is 12.2 Å². The molecule has 22 heavy (non-hydrogen) atoms. The molecule has 0 radical (unpaired) electrons. The highest BCUT2D eigenvalue weighted by Gasteiger charge is 2.23. The average molecular weight is 303 g/mol. The van der Waals surface area contributed by atoms with Gasteiger partial charge in [-0.15, -0.1) is 0 Å². The molecule has 0 aromatic heterocycles. The summed E-state index contributed by atoms with van der Waals surface area (Å²) in [5, 5.41) is 16.6. The average Bonchev–Trinajstić information content (AvgIpc) is 2.53. The maximum Gasteiger partial charge on any atom is 0.125 e. The second-order valence-corrected chi connectivity index (χ2v) is 6.18. The predicted molar refractivity (Wildman–Crippen MR) is 88.7 cm³/mol. The van der Waals surface area contributed by atoms with Gasteiger partial charge in [0.05, 0.1) is 12.7 Å². The highest BCUT2D eigenvalue weighted by molar-refractivity contribution is 5.71. The van der Waals surface area contributed by atoms with E-state index in [4.69, 9.17) is 10.5 Å². The molecule has 5 N–H and O–H groups in total. The number of hydrogen-bond acceptors (Lipinski definition) is 5. The van der Waals surface area contributed by atoms with Gasteiger partial charge in [0.2, 0.25) is 0 Å². The number of anilines is 1. The second kappa shape index (κ2) is 6.58. The van der Waals surface area contributed by atoms with Gasteiger partial charge < -0.3 is 26.2 Å². The van der Waals surface area contributed by atoms with Crippen LogP contribution >= 0.6 is 0 Å². The molecule has 1 aromatic carbocycles. The van der Waals surface area contributed by atoms with Gasteiger partial charge in [0, 0.05) is 47.6 Å². The van der Waals surface area contributed by atoms with Crippen molar-refractivity contribution in [2.24, 2.45) is 5.92 Å². The number of benzene rings is 1. The Morgan fingerprint density at radius 3 is 3.18 bits per heavy atom. The molecule has 1 aromatic rings. The fraction of sp³-hybridized carbons (Fsp3) is 0.529. The van der Waals surface area contributed by atoms with Crippen LogP contribution in [0.25, 0.3) is 5.70 Å². The summed E-state index contributed by atoms with van der Waals surface area (Å²) in [6.07, 6.45) is 2.68. The van der Waals surface area contributed by atoms with Crippen molar-refractivity contribution >= 4 is 11.4 Å². The number of piperidine rings is 1. The van der Waals surface area contributed by atoms with Gasteiger partial charge in [0.15, 0.2) is 0 Å². The molecule has 120 valence electrons. The summed E-state index contributed by atoms with van der Waals surface area (Å²) in [4.78, 5) is 0. The van der Waals surface area contributed by atoms with E-state index in [2.05, 4.69) is 17.2 Å². The van der Waals surface area contributed by atoms with Crippen molar-refractivity contribution < 1.29 is 9.84 Å². The molecule has 1 saturated heterocycles. The first-order chi connectivity index (χ1) is 10.6. The van der Waals surface area contributed by atoms with Crippen molar-refractivity contribution in [3.63, 3.8) is 0 Å². The van der Waals surface area contributed by atoms with E-state index in [0.717, 1.165) is 56.0 Å². The first kappa shape index (κ1) is 15.2. The molecular weight excluding hydrogens is 278 g/mol. The topological polar surface area (TPSA) is 79.5 Å². The molecule has 0 bridgehead atoms. The van der Waals surface area contributed by atoms with Crippen LogP contribution in [-0.2, 0) is 6.42 Å². The Balaban J connectivity index is 1.71. The van der Waals surface area contributed by atoms with Gasteiger partial charge in [0.1, 0.15) is 5.75 Å². The summed E-state index contributed by atoms with van der Waals surface area (Å²) in [5.74, 6) is 1.14. The zero-order valence-electron chi connectivity index (χ0n) is 12.9. The summed E-state index contributed by atoms with van der Waals surface area (Å²) in [7, 11) is 0. The normalized spacial score (nSPS) is 24.2. The fourth-order valence-corrected chi connectivity index (χ4v) is 3.24. The summed E-state index contributed by atoms with van der Waals surface area (Å²) in [5.41, 5.74) is 9.76. The summed E-state index contributed by atoms with van der Waals surface area (Å²) < 4.78 is 5.71. The molecule has 3 rings (SSSR count). The Hall–Kier alpha value is -1.72. The van der Waals surface area contributed by atoms with Crippen molar-refractivity contribution in [2.75, 3.05) is 32.0 Å². The molecule has 5 nitrogen and oxygen atoms in total. The SMILES string of the molecule is C=C(NC[C@@H]1CCNC[C@H]1O)c1cc(N)cc2c1CCCO2. The largest absolute Gasteiger partial charge is 0.493 e. The van der Waals surface area contributed by atoms with Gasteiger partial charge in [-0.05, 0) is 31.9 Å². The maximum absolute atomic E-state index is 10.0. The van der Waals surface area contributed by atoms with E-state index in [1.807, 2.05) is 12.1 Å². The summed E-state index contributed by atoms with van der Waals surface area (Å²) in [6.45, 7) is 7.26. The van der Waals surface area contributed by atoms with Gasteiger partial charge in [-0.1, -0.05) is 6.58 Å². The molecule has 0 unspecified atom stereocenters. The van der Waals surface area contributed by atoms with Crippen molar-refractivity contribution in [1.29, 1.82) is 0 Å². The van der Waals surface area contributed by atoms with E-state index in [1.165, 1.54) is 5.56 Å². The third-order valence-corrected chi connectivity index (χ3v) is 4.55. The van der Waals surface area contributed by atoms with Crippen molar-refractivity contribution in [3.05, 3.63) is 29.8 Å². The lowest BCUT2D eigenvalue weighted by molar-refractivity contribution is 0.0837. The lowest BCUT2D eigenvalue weighted by Gasteiger charge is -2.29. The van der Waals surface area contributed by atoms with Crippen LogP contribution in [0.2, 0.25) is 0 Å². The Morgan fingerprint density at radius 1 is 1.50 bits per heavy atom. The maximum atomic E-state index is 10.0. The van der Waals surface area contributed by atoms with E-state index < -0.39 is 0 Å². The lowest BCUT2D eigenvalue weighted by Crippen LogP contribution is -2.44. The minimum atomic E-state index is -0.299. The summed E-state index contributed by atoms with van der Waals surface area (Å²) >= 11 is 0. The second-order valence-electron chi connectivity index (χ2n) is 6.18. The van der Waals surface area contributed by atoms with Gasteiger partial charge in [0.25, 0.3) is 0 Å². The molecule has 2 atom stereocenters. The first-order valence-electron chi connectivity index (χ1n) is 8.02. The number of aliphatic hydroxyl groups excluding tert-OH is 1. The number of nitrogens with two attached hydrogens (primary N) is 1. The summed E-state index contributed by atoms with van der Waals surface area (Å²) in [6, 6.07) is 3.85. The van der Waals surface area contributed by atoms with Crippen LogP contribution in [0.5, 0.6) is 5.75 Å². The molecular formula is C17H25N3O2. The number of nitrogen functional groups attached to an aromatic ring is 1. The number of hydrogen-bond donors (Lipinski definition) is 4. The van der Waals surface area contributed by atoms with Crippen LogP contribution in [0.3, 0.4) is 0 Å². The van der Waals surface area contributed by atoms with Crippen LogP contribution in [-0.4, -0.2) is 37.5 Å². The Labute approximate surface area is 131 Å². The highest BCUT2D eigenvalue weighted by Crippen LogP contribution is 2.33. The van der Waals surface area contributed by atoms with E-state index in [1.54, 1.807) is 0 Å². The molecule has 1 fully saturated rings. The molecule has 5 heteroatoms. The van der Waals surface area contributed by atoms with E-state index in [9.17, 15) is 5.11 Å². The quantitative estimate of drug-likeness (QED) is 0.627. The molecule has 2 aliphatic rings. The van der Waals surface area contributed by atoms with Crippen molar-refractivity contribution in [3.8, 4) is 5.75 Å². The van der Waals surface area contributed by atoms with Crippen LogP contribution in [0, 0.1) is 5.92 Å². The van der Waals surface area contributed by atoms with Crippen LogP contribution in [0.15, 0.2) is 18.7 Å². The fourth-order valence-electron chi connectivity index (χ4n) is 3.24. The first-order valence-corrected chi connectivity index (χ1v) is 8.02. The standard InChI is InChI=1S/C17H25N3O2/c1-11(20-9-12-4-5-19-10-16(12)21)15-7-13(18)8-17-14(15)3-2-6-22-17/h7-8,12,16,19-21H,1-6,9-10,18H2/t12-,16+/m0/s1. The Kier molecular flexibility index (Phi) is 4.55. The van der Waals surface area contributed by atoms with Gasteiger partial charge in [-0.2, -0.15) is 0 Å². The molecule has 2 aliphatic heterocycles. The number of rotatable bonds is 4. The Bertz CT molecular complexity index is 559. The third-order valence-electron chi connectivity index (χ3n) is 4.55. The molecule has 0 amide bonds. The number of ether oxygens (including phenoxy) is 1. The van der Waals surface area contributed by atoms with Crippen molar-refractivity contribution in [2.45, 2.75) is 25.4 Å². The molecule has 0 saturated carbocycles. The van der Waals surface area contributed by atoms with Crippen LogP contribution < -0.4 is 21.1 Å². The number of fused-ring (bicyclic) bond motifs is 1. The smallest absolute Gasteiger partial charge is 0.125 e. The molecule has 2 heterocycles. The zero-order valence-corrected chi connectivity index (χ0v) is 12.9. The minimum Gasteiger partial charge on any atom is -0.493 e. The highest BCUT2D eigenvalue weighted by atomic mass is 16.5. The lowest BCUT2D eigenvalue weighted by atomic mass is 9.94. The van der Waals surface area contributed by atoms with E-state index in [-0.39, 0.29) is 12.0 Å². The zero-order chi connectivity index (χ0) is 15.5.